The van der Waals surface area contributed by atoms with Gasteiger partial charge in [-0.1, -0.05) is 26.0 Å². The number of rotatable bonds is 8. The first-order valence-electron chi connectivity index (χ1n) is 11.0. The van der Waals surface area contributed by atoms with Crippen LogP contribution in [0, 0.1) is 16.0 Å². The average Bonchev–Trinajstić information content (AvgIpc) is 2.89. The predicted octanol–water partition coefficient (Wildman–Crippen LogP) is 1.18. The van der Waals surface area contributed by atoms with Crippen LogP contribution in [0.1, 0.15) is 41.5 Å². The van der Waals surface area contributed by atoms with E-state index in [0.29, 0.717) is 0 Å². The largest absolute Gasteiger partial charge is 0.471 e. The van der Waals surface area contributed by atoms with Crippen LogP contribution in [-0.2, 0) is 29.0 Å². The molecule has 0 spiro atoms. The topological polar surface area (TPSA) is 162 Å². The second-order valence-electron chi connectivity index (χ2n) is 10.00. The monoisotopic (exact) mass is 511 g/mol. The molecule has 2 saturated heterocycles. The number of nitrogens with zero attached hydrogens (tertiary/aromatic N) is 2. The maximum Gasteiger partial charge on any atom is 0.330 e. The second-order valence-corrected chi connectivity index (χ2v) is 12.6. The highest BCUT2D eigenvalue weighted by Gasteiger charge is 2.73. The van der Waals surface area contributed by atoms with E-state index in [-0.39, 0.29) is 24.0 Å². The number of nitrogens with one attached hydrogen (secondary N) is 1. The number of carbonyl (C=O) groups excluding carboxylic acids is 3. The van der Waals surface area contributed by atoms with Crippen LogP contribution in [-0.4, -0.2) is 70.4 Å². The van der Waals surface area contributed by atoms with Gasteiger partial charge in [-0.25, -0.2) is 13.2 Å². The third-order valence-corrected chi connectivity index (χ3v) is 8.94. The van der Waals surface area contributed by atoms with Crippen molar-refractivity contribution in [2.24, 2.45) is 5.92 Å². The Balaban J connectivity index is 1.82. The SMILES string of the molecule is CC(C)COC(=O)C1N2C(=O)C(NC(=O)C(C)(C)Oc3ccccc3[N+](=O)[O-])C2S(=O)(=O)C1(C)C. The van der Waals surface area contributed by atoms with Crippen molar-refractivity contribution in [3.8, 4) is 5.75 Å². The Morgan fingerprint density at radius 3 is 2.43 bits per heavy atom. The molecule has 1 aromatic rings. The maximum atomic E-state index is 13.3. The van der Waals surface area contributed by atoms with E-state index in [4.69, 9.17) is 9.47 Å². The summed E-state index contributed by atoms with van der Waals surface area (Å²) in [6.07, 6.45) is 0. The Morgan fingerprint density at radius 1 is 1.26 bits per heavy atom. The number of nitro groups is 1. The minimum Gasteiger partial charge on any atom is -0.471 e. The van der Waals surface area contributed by atoms with Crippen LogP contribution in [0.15, 0.2) is 24.3 Å². The first kappa shape index (κ1) is 26.4. The van der Waals surface area contributed by atoms with Gasteiger partial charge in [-0.3, -0.25) is 19.7 Å². The minimum absolute atomic E-state index is 0.0117. The van der Waals surface area contributed by atoms with Gasteiger partial charge in [-0.2, -0.15) is 0 Å². The van der Waals surface area contributed by atoms with E-state index < -0.39 is 60.3 Å². The van der Waals surface area contributed by atoms with E-state index >= 15 is 0 Å². The molecule has 3 unspecified atom stereocenters. The molecule has 0 saturated carbocycles. The number of amides is 2. The number of esters is 1. The van der Waals surface area contributed by atoms with Crippen LogP contribution in [0.5, 0.6) is 5.75 Å². The van der Waals surface area contributed by atoms with Crippen molar-refractivity contribution in [1.29, 1.82) is 0 Å². The Kier molecular flexibility index (Phi) is 6.61. The molecular weight excluding hydrogens is 482 g/mol. The predicted molar refractivity (Wildman–Crippen MR) is 123 cm³/mol. The number of para-hydroxylation sites is 2. The van der Waals surface area contributed by atoms with Gasteiger partial charge in [-0.15, -0.1) is 0 Å². The van der Waals surface area contributed by atoms with Gasteiger partial charge in [0.1, 0.15) is 16.8 Å². The molecule has 1 aromatic carbocycles. The van der Waals surface area contributed by atoms with Gasteiger partial charge in [0.15, 0.2) is 26.6 Å². The normalized spacial score (nSPS) is 24.4. The van der Waals surface area contributed by atoms with E-state index in [1.165, 1.54) is 52.0 Å². The molecule has 2 heterocycles. The number of hydrogen-bond acceptors (Lipinski definition) is 9. The summed E-state index contributed by atoms with van der Waals surface area (Å²) < 4.78 is 35.7. The summed E-state index contributed by atoms with van der Waals surface area (Å²) in [6, 6.07) is 2.67. The number of fused-ring (bicyclic) bond motifs is 1. The number of β-lactam (4-membered cyclic amide) rings is 1. The van der Waals surface area contributed by atoms with Crippen molar-refractivity contribution in [1.82, 2.24) is 10.2 Å². The molecule has 12 nitrogen and oxygen atoms in total. The molecule has 2 aliphatic rings. The fourth-order valence-corrected chi connectivity index (χ4v) is 6.29. The van der Waals surface area contributed by atoms with Gasteiger partial charge in [0.05, 0.1) is 11.5 Å². The molecule has 1 N–H and O–H groups in total. The highest BCUT2D eigenvalue weighted by atomic mass is 32.2. The number of sulfone groups is 1. The molecule has 2 amide bonds. The fourth-order valence-electron chi connectivity index (χ4n) is 4.08. The summed E-state index contributed by atoms with van der Waals surface area (Å²) in [6.45, 7) is 9.06. The molecule has 3 rings (SSSR count). The van der Waals surface area contributed by atoms with E-state index in [1.807, 2.05) is 13.8 Å². The quantitative estimate of drug-likeness (QED) is 0.234. The van der Waals surface area contributed by atoms with Crippen molar-refractivity contribution < 1.29 is 37.2 Å². The second kappa shape index (κ2) is 8.77. The summed E-state index contributed by atoms with van der Waals surface area (Å²) in [5.41, 5.74) is -2.05. The molecular formula is C22H29N3O9S. The summed E-state index contributed by atoms with van der Waals surface area (Å²) >= 11 is 0. The molecule has 2 fully saturated rings. The maximum absolute atomic E-state index is 13.3. The van der Waals surface area contributed by atoms with Crippen LogP contribution in [0.4, 0.5) is 5.69 Å². The number of nitro benzene ring substituents is 1. The van der Waals surface area contributed by atoms with Crippen LogP contribution >= 0.6 is 0 Å². The Bertz CT molecular complexity index is 1180. The lowest BCUT2D eigenvalue weighted by atomic mass is 9.95. The summed E-state index contributed by atoms with van der Waals surface area (Å²) in [4.78, 5) is 50.2. The molecule has 3 atom stereocenters. The summed E-state index contributed by atoms with van der Waals surface area (Å²) in [7, 11) is -4.09. The van der Waals surface area contributed by atoms with Crippen molar-refractivity contribution in [3.63, 3.8) is 0 Å². The highest BCUT2D eigenvalue weighted by Crippen LogP contribution is 2.46. The highest BCUT2D eigenvalue weighted by molar-refractivity contribution is 7.94. The Morgan fingerprint density at radius 2 is 1.86 bits per heavy atom. The van der Waals surface area contributed by atoms with Crippen LogP contribution < -0.4 is 10.1 Å². The molecule has 35 heavy (non-hydrogen) atoms. The molecule has 0 radical (unpaired) electrons. The lowest BCUT2D eigenvalue weighted by Crippen LogP contribution is -2.73. The van der Waals surface area contributed by atoms with Gasteiger partial charge < -0.3 is 19.7 Å². The Labute approximate surface area is 203 Å². The van der Waals surface area contributed by atoms with Gasteiger partial charge in [0.2, 0.25) is 5.91 Å². The van der Waals surface area contributed by atoms with Crippen molar-refractivity contribution >= 4 is 33.3 Å². The molecule has 0 bridgehead atoms. The minimum atomic E-state index is -4.09. The molecule has 13 heteroatoms. The summed E-state index contributed by atoms with van der Waals surface area (Å²) in [5.74, 6) is -2.58. The molecule has 2 aliphatic heterocycles. The first-order chi connectivity index (χ1) is 16.0. The van der Waals surface area contributed by atoms with Gasteiger partial charge in [0, 0.05) is 6.07 Å². The van der Waals surface area contributed by atoms with E-state index in [9.17, 15) is 32.9 Å². The van der Waals surface area contributed by atoms with Gasteiger partial charge >= 0.3 is 11.7 Å². The van der Waals surface area contributed by atoms with Crippen LogP contribution in [0.2, 0.25) is 0 Å². The number of carbonyl (C=O) groups is 3. The summed E-state index contributed by atoms with van der Waals surface area (Å²) in [5, 5.41) is 12.2. The zero-order valence-corrected chi connectivity index (χ0v) is 21.1. The number of benzene rings is 1. The van der Waals surface area contributed by atoms with Gasteiger partial charge in [0.25, 0.3) is 5.91 Å². The van der Waals surface area contributed by atoms with Crippen molar-refractivity contribution in [2.45, 2.75) is 69.3 Å². The zero-order chi connectivity index (χ0) is 26.5. The molecule has 0 aliphatic carbocycles. The fraction of sp³-hybridized carbons (Fsp3) is 0.591. The van der Waals surface area contributed by atoms with Crippen molar-refractivity contribution in [3.05, 3.63) is 34.4 Å². The number of hydrogen-bond donors (Lipinski definition) is 1. The van der Waals surface area contributed by atoms with E-state index in [2.05, 4.69) is 5.32 Å². The standard InChI is InChI=1S/C22H29N3O9S/c1-12(2)11-33-19(27)16-22(5,6)35(31,32)18-15(17(26)24(16)18)23-20(28)21(3,4)34-14-10-8-7-9-13(14)25(29)30/h7-10,12,15-16,18H,11H2,1-6H3,(H,23,28). The molecule has 192 valence electrons. The molecule has 0 aromatic heterocycles. The smallest absolute Gasteiger partial charge is 0.330 e. The van der Waals surface area contributed by atoms with E-state index in [1.54, 1.807) is 0 Å². The van der Waals surface area contributed by atoms with Crippen molar-refractivity contribution in [2.75, 3.05) is 6.61 Å². The van der Waals surface area contributed by atoms with Gasteiger partial charge in [-0.05, 0) is 39.7 Å². The van der Waals surface area contributed by atoms with Crippen LogP contribution in [0.3, 0.4) is 0 Å². The Hall–Kier alpha value is -3.22. The van der Waals surface area contributed by atoms with E-state index in [0.717, 1.165) is 4.90 Å². The lowest BCUT2D eigenvalue weighted by molar-refractivity contribution is -0.386. The third-order valence-electron chi connectivity index (χ3n) is 6.11. The zero-order valence-electron chi connectivity index (χ0n) is 20.3. The number of ether oxygens (including phenoxy) is 2. The van der Waals surface area contributed by atoms with Crippen LogP contribution in [0.25, 0.3) is 0 Å². The first-order valence-corrected chi connectivity index (χ1v) is 12.5. The average molecular weight is 512 g/mol. The lowest BCUT2D eigenvalue weighted by Gasteiger charge is -2.43. The third kappa shape index (κ3) is 4.32.